The van der Waals surface area contributed by atoms with Crippen LogP contribution in [0.15, 0.2) is 41.3 Å². The summed E-state index contributed by atoms with van der Waals surface area (Å²) in [7, 11) is -3.70. The summed E-state index contributed by atoms with van der Waals surface area (Å²) in [6.45, 7) is 4.51. The molecule has 0 spiro atoms. The molecule has 134 valence electrons. The number of sulfone groups is 1. The summed E-state index contributed by atoms with van der Waals surface area (Å²) in [4.78, 5) is 10.3. The van der Waals surface area contributed by atoms with Crippen molar-refractivity contribution in [3.63, 3.8) is 0 Å². The maximum Gasteiger partial charge on any atom is 0.310 e. The van der Waals surface area contributed by atoms with E-state index in [1.165, 1.54) is 18.2 Å². The van der Waals surface area contributed by atoms with E-state index in [-0.39, 0.29) is 17.2 Å². The lowest BCUT2D eigenvalue weighted by molar-refractivity contribution is -0.386. The lowest BCUT2D eigenvalue weighted by Gasteiger charge is -2.11. The first-order chi connectivity index (χ1) is 11.7. The van der Waals surface area contributed by atoms with Gasteiger partial charge in [0.05, 0.1) is 4.92 Å². The molecule has 0 saturated heterocycles. The van der Waals surface area contributed by atoms with Crippen LogP contribution in [0.1, 0.15) is 11.1 Å². The van der Waals surface area contributed by atoms with Gasteiger partial charge in [-0.25, -0.2) is 8.42 Å². The molecule has 0 aliphatic rings. The van der Waals surface area contributed by atoms with Gasteiger partial charge in [0.15, 0.2) is 9.84 Å². The Kier molecular flexibility index (Phi) is 5.63. The van der Waals surface area contributed by atoms with Gasteiger partial charge in [-0.15, -0.1) is 0 Å². The number of para-hydroxylation sites is 1. The fraction of sp³-hybridized carbons (Fsp3) is 0.294. The number of nitrogens with zero attached hydrogens (tertiary/aromatic N) is 1. The summed E-state index contributed by atoms with van der Waals surface area (Å²) in [5, 5.41) is 14.2. The number of aryl methyl sites for hydroxylation is 2. The zero-order chi connectivity index (χ0) is 18.6. The maximum absolute atomic E-state index is 11.7. The van der Waals surface area contributed by atoms with Gasteiger partial charge >= 0.3 is 5.69 Å². The van der Waals surface area contributed by atoms with E-state index in [0.29, 0.717) is 6.54 Å². The minimum atomic E-state index is -3.70. The van der Waals surface area contributed by atoms with Crippen molar-refractivity contribution in [3.05, 3.63) is 57.6 Å². The average Bonchev–Trinajstić information content (AvgIpc) is 2.49. The number of nitro groups is 1. The molecule has 25 heavy (non-hydrogen) atoms. The van der Waals surface area contributed by atoms with Gasteiger partial charge in [0.1, 0.15) is 22.9 Å². The molecule has 0 heterocycles. The Morgan fingerprint density at radius 1 is 1.16 bits per heavy atom. The van der Waals surface area contributed by atoms with Crippen LogP contribution in [0.2, 0.25) is 0 Å². The average molecular weight is 364 g/mol. The largest absolute Gasteiger partial charge is 0.492 e. The Morgan fingerprint density at radius 3 is 2.36 bits per heavy atom. The Bertz CT molecular complexity index is 874. The summed E-state index contributed by atoms with van der Waals surface area (Å²) in [5.41, 5.74) is 1.87. The molecular formula is C17H20N2O5S. The van der Waals surface area contributed by atoms with E-state index in [2.05, 4.69) is 5.32 Å². The van der Waals surface area contributed by atoms with Gasteiger partial charge in [0.2, 0.25) is 0 Å². The van der Waals surface area contributed by atoms with Crippen LogP contribution in [0.5, 0.6) is 5.75 Å². The molecular weight excluding hydrogens is 344 g/mol. The van der Waals surface area contributed by atoms with Gasteiger partial charge < -0.3 is 10.1 Å². The van der Waals surface area contributed by atoms with E-state index in [1.54, 1.807) is 0 Å². The molecule has 0 fully saturated rings. The van der Waals surface area contributed by atoms with E-state index < -0.39 is 20.4 Å². The number of anilines is 1. The Balaban J connectivity index is 2.09. The minimum absolute atomic E-state index is 0.150. The van der Waals surface area contributed by atoms with Gasteiger partial charge in [-0.2, -0.15) is 0 Å². The molecule has 0 amide bonds. The van der Waals surface area contributed by atoms with Gasteiger partial charge in [0, 0.05) is 12.8 Å². The van der Waals surface area contributed by atoms with Crippen LogP contribution in [-0.2, 0) is 9.84 Å². The van der Waals surface area contributed by atoms with Crippen LogP contribution in [0.4, 0.5) is 11.4 Å². The molecule has 8 heteroatoms. The topological polar surface area (TPSA) is 98.5 Å². The molecule has 0 saturated carbocycles. The van der Waals surface area contributed by atoms with Gasteiger partial charge in [0.25, 0.3) is 0 Å². The number of ether oxygens (including phenoxy) is 1. The highest BCUT2D eigenvalue weighted by Crippen LogP contribution is 2.31. The number of hydrogen-bond acceptors (Lipinski definition) is 6. The number of nitro benzene ring substituents is 1. The van der Waals surface area contributed by atoms with Crippen molar-refractivity contribution >= 4 is 21.2 Å². The monoisotopic (exact) mass is 364 g/mol. The summed E-state index contributed by atoms with van der Waals surface area (Å²) < 4.78 is 29.1. The molecule has 1 N–H and O–H groups in total. The molecule has 7 nitrogen and oxygen atoms in total. The second-order valence-corrected chi connectivity index (χ2v) is 7.76. The van der Waals surface area contributed by atoms with Gasteiger partial charge in [-0.3, -0.25) is 10.1 Å². The van der Waals surface area contributed by atoms with Crippen molar-refractivity contribution in [3.8, 4) is 5.75 Å². The van der Waals surface area contributed by atoms with E-state index in [9.17, 15) is 18.5 Å². The van der Waals surface area contributed by atoms with Crippen molar-refractivity contribution in [2.75, 3.05) is 24.7 Å². The molecule has 0 unspecified atom stereocenters. The van der Waals surface area contributed by atoms with Crippen LogP contribution in [0.3, 0.4) is 0 Å². The minimum Gasteiger partial charge on any atom is -0.492 e. The first-order valence-corrected chi connectivity index (χ1v) is 9.50. The number of nitrogens with one attached hydrogen (secondary N) is 1. The third-order valence-electron chi connectivity index (χ3n) is 3.46. The van der Waals surface area contributed by atoms with Crippen LogP contribution in [0.25, 0.3) is 0 Å². The molecule has 0 bridgehead atoms. The third-order valence-corrected chi connectivity index (χ3v) is 4.59. The fourth-order valence-electron chi connectivity index (χ4n) is 2.52. The van der Waals surface area contributed by atoms with Crippen molar-refractivity contribution in [2.24, 2.45) is 0 Å². The number of benzene rings is 2. The first-order valence-electron chi connectivity index (χ1n) is 7.61. The molecule has 0 aliphatic carbocycles. The van der Waals surface area contributed by atoms with E-state index in [1.807, 2.05) is 32.0 Å². The molecule has 0 aliphatic heterocycles. The highest BCUT2D eigenvalue weighted by atomic mass is 32.2. The summed E-state index contributed by atoms with van der Waals surface area (Å²) in [6.07, 6.45) is 0.947. The lowest BCUT2D eigenvalue weighted by Crippen LogP contribution is -2.14. The normalized spacial score (nSPS) is 11.2. The second-order valence-electron chi connectivity index (χ2n) is 5.78. The number of rotatable bonds is 7. The third kappa shape index (κ3) is 4.93. The first kappa shape index (κ1) is 18.7. The van der Waals surface area contributed by atoms with Crippen LogP contribution in [-0.4, -0.2) is 32.7 Å². The van der Waals surface area contributed by atoms with E-state index >= 15 is 0 Å². The van der Waals surface area contributed by atoms with Crippen molar-refractivity contribution in [1.82, 2.24) is 0 Å². The smallest absolute Gasteiger partial charge is 0.310 e. The van der Waals surface area contributed by atoms with E-state index in [0.717, 1.165) is 23.1 Å². The van der Waals surface area contributed by atoms with Gasteiger partial charge in [-0.05, 0) is 49.2 Å². The zero-order valence-corrected chi connectivity index (χ0v) is 15.1. The molecule has 0 aromatic heterocycles. The Morgan fingerprint density at radius 2 is 1.80 bits per heavy atom. The summed E-state index contributed by atoms with van der Waals surface area (Å²) in [6, 6.07) is 10.0. The molecule has 0 radical (unpaired) electrons. The second kappa shape index (κ2) is 7.52. The Labute approximate surface area is 146 Å². The van der Waals surface area contributed by atoms with Gasteiger partial charge in [-0.1, -0.05) is 12.1 Å². The highest BCUT2D eigenvalue weighted by molar-refractivity contribution is 7.90. The molecule has 2 aromatic carbocycles. The zero-order valence-electron chi connectivity index (χ0n) is 14.3. The van der Waals surface area contributed by atoms with Crippen molar-refractivity contribution in [2.45, 2.75) is 18.7 Å². The fourth-order valence-corrected chi connectivity index (χ4v) is 3.38. The summed E-state index contributed by atoms with van der Waals surface area (Å²) in [5.74, 6) is 0.721. The Hall–Kier alpha value is -2.61. The SMILES string of the molecule is Cc1cc(C)cc(OCCNc2cccc(S(C)(=O)=O)c2[N+](=O)[O-])c1. The number of hydrogen-bond donors (Lipinski definition) is 1. The quantitative estimate of drug-likeness (QED) is 0.460. The van der Waals surface area contributed by atoms with Crippen LogP contribution >= 0.6 is 0 Å². The highest BCUT2D eigenvalue weighted by Gasteiger charge is 2.25. The predicted octanol–water partition coefficient (Wildman–Crippen LogP) is 3.11. The van der Waals surface area contributed by atoms with Crippen LogP contribution in [0, 0.1) is 24.0 Å². The lowest BCUT2D eigenvalue weighted by atomic mass is 10.1. The molecule has 2 rings (SSSR count). The van der Waals surface area contributed by atoms with Crippen molar-refractivity contribution in [1.29, 1.82) is 0 Å². The van der Waals surface area contributed by atoms with E-state index in [4.69, 9.17) is 4.74 Å². The molecule has 2 aromatic rings. The predicted molar refractivity (Wildman–Crippen MR) is 96.1 cm³/mol. The maximum atomic E-state index is 11.7. The van der Waals surface area contributed by atoms with Crippen molar-refractivity contribution < 1.29 is 18.1 Å². The molecule has 0 atom stereocenters. The standard InChI is InChI=1S/C17H20N2O5S/c1-12-9-13(2)11-14(10-12)24-8-7-18-15-5-4-6-16(25(3,22)23)17(15)19(20)21/h4-6,9-11,18H,7-8H2,1-3H3. The summed E-state index contributed by atoms with van der Waals surface area (Å²) >= 11 is 0. The van der Waals surface area contributed by atoms with Crippen LogP contribution < -0.4 is 10.1 Å².